The van der Waals surface area contributed by atoms with E-state index < -0.39 is 11.6 Å². The van der Waals surface area contributed by atoms with Crippen LogP contribution in [-0.4, -0.2) is 12.5 Å². The zero-order chi connectivity index (χ0) is 12.7. The molecule has 0 saturated heterocycles. The summed E-state index contributed by atoms with van der Waals surface area (Å²) in [6.45, 7) is 0.292. The molecule has 17 heavy (non-hydrogen) atoms. The molecule has 1 aromatic carbocycles. The third-order valence-corrected chi connectivity index (χ3v) is 2.06. The maximum Gasteiger partial charge on any atom is 0.233 e. The van der Waals surface area contributed by atoms with E-state index in [-0.39, 0.29) is 11.7 Å². The van der Waals surface area contributed by atoms with Crippen molar-refractivity contribution >= 4 is 5.91 Å². The van der Waals surface area contributed by atoms with Gasteiger partial charge in [0.1, 0.15) is 17.4 Å². The second kappa shape index (κ2) is 6.80. The van der Waals surface area contributed by atoms with Gasteiger partial charge in [-0.25, -0.2) is 14.6 Å². The summed E-state index contributed by atoms with van der Waals surface area (Å²) in [5, 5.41) is 0. The van der Waals surface area contributed by atoms with Gasteiger partial charge in [-0.2, -0.15) is 0 Å². The lowest BCUT2D eigenvalue weighted by Gasteiger charge is -2.06. The molecule has 0 atom stereocenters. The van der Waals surface area contributed by atoms with Crippen LogP contribution in [-0.2, 0) is 4.79 Å². The molecule has 0 saturated carbocycles. The first kappa shape index (κ1) is 13.4. The highest BCUT2D eigenvalue weighted by Crippen LogP contribution is 2.15. The summed E-state index contributed by atoms with van der Waals surface area (Å²) in [6, 6.07) is 2.99. The van der Waals surface area contributed by atoms with Crippen molar-refractivity contribution in [3.8, 4) is 5.75 Å². The van der Waals surface area contributed by atoms with Crippen LogP contribution in [0.5, 0.6) is 5.75 Å². The zero-order valence-corrected chi connectivity index (χ0v) is 9.21. The molecule has 0 fully saturated rings. The number of rotatable bonds is 6. The van der Waals surface area contributed by atoms with Gasteiger partial charge in [0.25, 0.3) is 0 Å². The van der Waals surface area contributed by atoms with E-state index in [4.69, 9.17) is 10.6 Å². The average Bonchev–Trinajstić information content (AvgIpc) is 2.27. The molecule has 94 valence electrons. The Kier molecular flexibility index (Phi) is 5.35. The first-order chi connectivity index (χ1) is 8.11. The van der Waals surface area contributed by atoms with E-state index >= 15 is 0 Å². The smallest absolute Gasteiger partial charge is 0.233 e. The summed E-state index contributed by atoms with van der Waals surface area (Å²) >= 11 is 0. The van der Waals surface area contributed by atoms with Crippen molar-refractivity contribution in [2.45, 2.75) is 19.3 Å². The molecule has 0 aliphatic rings. The predicted molar refractivity (Wildman–Crippen MR) is 58.0 cm³/mol. The summed E-state index contributed by atoms with van der Waals surface area (Å²) in [4.78, 5) is 10.8. The van der Waals surface area contributed by atoms with Crippen LogP contribution in [0.15, 0.2) is 18.2 Å². The van der Waals surface area contributed by atoms with Crippen LogP contribution in [0.4, 0.5) is 8.78 Å². The number of unbranched alkanes of at least 4 members (excludes halogenated alkanes) is 1. The molecule has 3 N–H and O–H groups in total. The van der Waals surface area contributed by atoms with E-state index in [1.54, 1.807) is 0 Å². The highest BCUT2D eigenvalue weighted by molar-refractivity contribution is 5.75. The molecule has 0 bridgehead atoms. The maximum atomic E-state index is 12.8. The van der Waals surface area contributed by atoms with Gasteiger partial charge in [-0.05, 0) is 12.8 Å². The summed E-state index contributed by atoms with van der Waals surface area (Å²) < 4.78 is 30.7. The molecular weight excluding hydrogens is 230 g/mol. The second-order valence-electron chi connectivity index (χ2n) is 3.48. The van der Waals surface area contributed by atoms with Gasteiger partial charge in [0.2, 0.25) is 5.91 Å². The molecule has 4 nitrogen and oxygen atoms in total. The Morgan fingerprint density at radius 2 is 1.88 bits per heavy atom. The monoisotopic (exact) mass is 244 g/mol. The van der Waals surface area contributed by atoms with Gasteiger partial charge in [0, 0.05) is 24.6 Å². The molecular formula is C11H14F2N2O2. The number of nitrogens with one attached hydrogen (secondary N) is 1. The SMILES string of the molecule is NNC(=O)CCCCOc1cc(F)cc(F)c1. The Bertz CT molecular complexity index is 365. The molecule has 0 radical (unpaired) electrons. The van der Waals surface area contributed by atoms with Crippen LogP contribution in [0.2, 0.25) is 0 Å². The van der Waals surface area contributed by atoms with Gasteiger partial charge in [0.05, 0.1) is 6.61 Å². The van der Waals surface area contributed by atoms with Gasteiger partial charge in [0.15, 0.2) is 0 Å². The van der Waals surface area contributed by atoms with Gasteiger partial charge in [-0.3, -0.25) is 10.2 Å². The van der Waals surface area contributed by atoms with Gasteiger partial charge < -0.3 is 4.74 Å². The number of hydrazine groups is 1. The molecule has 6 heteroatoms. The highest BCUT2D eigenvalue weighted by atomic mass is 19.1. The summed E-state index contributed by atoms with van der Waals surface area (Å²) in [7, 11) is 0. The Morgan fingerprint density at radius 3 is 2.47 bits per heavy atom. The predicted octanol–water partition coefficient (Wildman–Crippen LogP) is 1.50. The minimum absolute atomic E-state index is 0.144. The van der Waals surface area contributed by atoms with E-state index in [1.165, 1.54) is 0 Å². The Labute approximate surface area is 97.7 Å². The van der Waals surface area contributed by atoms with Crippen LogP contribution >= 0.6 is 0 Å². The number of carbonyl (C=O) groups is 1. The quantitative estimate of drug-likeness (QED) is 0.345. The first-order valence-corrected chi connectivity index (χ1v) is 5.20. The molecule has 1 aromatic rings. The lowest BCUT2D eigenvalue weighted by molar-refractivity contribution is -0.121. The van der Waals surface area contributed by atoms with Crippen molar-refractivity contribution in [2.24, 2.45) is 5.84 Å². The van der Waals surface area contributed by atoms with Crippen molar-refractivity contribution in [3.05, 3.63) is 29.8 Å². The van der Waals surface area contributed by atoms with Crippen molar-refractivity contribution in [1.82, 2.24) is 5.43 Å². The molecule has 0 aliphatic carbocycles. The van der Waals surface area contributed by atoms with E-state index in [0.717, 1.165) is 18.2 Å². The first-order valence-electron chi connectivity index (χ1n) is 5.20. The van der Waals surface area contributed by atoms with E-state index in [1.807, 2.05) is 5.43 Å². The third-order valence-electron chi connectivity index (χ3n) is 2.06. The number of nitrogens with two attached hydrogens (primary N) is 1. The number of hydrogen-bond donors (Lipinski definition) is 2. The minimum atomic E-state index is -0.678. The molecule has 1 rings (SSSR count). The van der Waals surface area contributed by atoms with Gasteiger partial charge >= 0.3 is 0 Å². The standard InChI is InChI=1S/C11H14F2N2O2/c12-8-5-9(13)7-10(6-8)17-4-2-1-3-11(16)15-14/h5-7H,1-4,14H2,(H,15,16). The fourth-order valence-corrected chi connectivity index (χ4v) is 1.26. The fourth-order valence-electron chi connectivity index (χ4n) is 1.26. The van der Waals surface area contributed by atoms with E-state index in [0.29, 0.717) is 25.9 Å². The Hall–Kier alpha value is -1.69. The molecule has 1 amide bonds. The number of hydrogen-bond acceptors (Lipinski definition) is 3. The zero-order valence-electron chi connectivity index (χ0n) is 9.21. The number of amides is 1. The molecule has 0 aliphatic heterocycles. The normalized spacial score (nSPS) is 10.1. The van der Waals surface area contributed by atoms with Gasteiger partial charge in [-0.15, -0.1) is 0 Å². The third kappa shape index (κ3) is 5.26. The van der Waals surface area contributed by atoms with Crippen LogP contribution in [0.25, 0.3) is 0 Å². The molecule has 0 unspecified atom stereocenters. The summed E-state index contributed by atoms with van der Waals surface area (Å²) in [6.07, 6.45) is 1.50. The van der Waals surface area contributed by atoms with Crippen molar-refractivity contribution in [2.75, 3.05) is 6.61 Å². The Balaban J connectivity index is 2.24. The van der Waals surface area contributed by atoms with Crippen LogP contribution < -0.4 is 16.0 Å². The van der Waals surface area contributed by atoms with Crippen LogP contribution in [0.1, 0.15) is 19.3 Å². The topological polar surface area (TPSA) is 64.3 Å². The number of halogens is 2. The fraction of sp³-hybridized carbons (Fsp3) is 0.364. The largest absolute Gasteiger partial charge is 0.493 e. The lowest BCUT2D eigenvalue weighted by atomic mass is 10.2. The Morgan fingerprint density at radius 1 is 1.24 bits per heavy atom. The summed E-state index contributed by atoms with van der Waals surface area (Å²) in [5.41, 5.74) is 2.01. The minimum Gasteiger partial charge on any atom is -0.493 e. The highest BCUT2D eigenvalue weighted by Gasteiger charge is 2.02. The summed E-state index contributed by atoms with van der Waals surface area (Å²) in [5.74, 6) is 3.44. The number of carbonyl (C=O) groups excluding carboxylic acids is 1. The van der Waals surface area contributed by atoms with Crippen molar-refractivity contribution in [1.29, 1.82) is 0 Å². The van der Waals surface area contributed by atoms with Crippen LogP contribution in [0.3, 0.4) is 0 Å². The van der Waals surface area contributed by atoms with E-state index in [9.17, 15) is 13.6 Å². The lowest BCUT2D eigenvalue weighted by Crippen LogP contribution is -2.29. The van der Waals surface area contributed by atoms with Crippen molar-refractivity contribution in [3.63, 3.8) is 0 Å². The van der Waals surface area contributed by atoms with Gasteiger partial charge in [-0.1, -0.05) is 0 Å². The molecule has 0 aromatic heterocycles. The number of benzene rings is 1. The average molecular weight is 244 g/mol. The maximum absolute atomic E-state index is 12.8. The molecule has 0 spiro atoms. The second-order valence-corrected chi connectivity index (χ2v) is 3.48. The molecule has 0 heterocycles. The van der Waals surface area contributed by atoms with E-state index in [2.05, 4.69) is 0 Å². The number of ether oxygens (including phenoxy) is 1. The van der Waals surface area contributed by atoms with Crippen LogP contribution in [0, 0.1) is 11.6 Å². The van der Waals surface area contributed by atoms with Crippen molar-refractivity contribution < 1.29 is 18.3 Å².